The molecule has 0 fully saturated rings. The summed E-state index contributed by atoms with van der Waals surface area (Å²) < 4.78 is 52.1. The third-order valence-corrected chi connectivity index (χ3v) is 4.22. The van der Waals surface area contributed by atoms with Crippen molar-refractivity contribution in [3.8, 4) is 0 Å². The highest BCUT2D eigenvalue weighted by Crippen LogP contribution is 2.27. The second-order valence-electron chi connectivity index (χ2n) is 4.22. The van der Waals surface area contributed by atoms with Crippen molar-refractivity contribution >= 4 is 27.1 Å². The Bertz CT molecular complexity index is 779. The van der Waals surface area contributed by atoms with Crippen molar-refractivity contribution in [2.24, 2.45) is 0 Å². The van der Waals surface area contributed by atoms with E-state index in [1.165, 1.54) is 31.3 Å². The second kappa shape index (κ2) is 5.66. The van der Waals surface area contributed by atoms with E-state index in [0.29, 0.717) is 0 Å². The Balaban J connectivity index is 2.47. The maximum atomic E-state index is 13.2. The molecule has 0 aliphatic heterocycles. The lowest BCUT2D eigenvalue weighted by molar-refractivity contribution is 0.509. The molecule has 0 amide bonds. The van der Waals surface area contributed by atoms with Crippen LogP contribution in [-0.4, -0.2) is 15.5 Å². The largest absolute Gasteiger partial charge is 0.399 e. The molecule has 8 heteroatoms. The highest BCUT2D eigenvalue weighted by Gasteiger charge is 2.17. The summed E-state index contributed by atoms with van der Waals surface area (Å²) in [5.41, 5.74) is 6.26. The van der Waals surface area contributed by atoms with Crippen LogP contribution in [0, 0.1) is 11.6 Å². The quantitative estimate of drug-likeness (QED) is 0.756. The van der Waals surface area contributed by atoms with E-state index in [1.807, 2.05) is 0 Å². The number of sulfonamides is 1. The molecule has 0 bridgehead atoms. The van der Waals surface area contributed by atoms with Crippen LogP contribution in [0.2, 0.25) is 0 Å². The lowest BCUT2D eigenvalue weighted by Crippen LogP contribution is -2.20. The van der Waals surface area contributed by atoms with Crippen LogP contribution >= 0.6 is 0 Å². The van der Waals surface area contributed by atoms with E-state index < -0.39 is 21.7 Å². The Labute approximate surface area is 120 Å². The van der Waals surface area contributed by atoms with Gasteiger partial charge in [-0.25, -0.2) is 21.9 Å². The SMILES string of the molecule is CNS(=O)(=O)c1cc(N)ccc1Nc1ccc(F)c(F)c1. The minimum Gasteiger partial charge on any atom is -0.399 e. The number of anilines is 3. The van der Waals surface area contributed by atoms with E-state index in [-0.39, 0.29) is 22.0 Å². The average molecular weight is 313 g/mol. The van der Waals surface area contributed by atoms with Crippen LogP contribution in [0.15, 0.2) is 41.3 Å². The van der Waals surface area contributed by atoms with E-state index in [9.17, 15) is 17.2 Å². The molecule has 0 saturated heterocycles. The summed E-state index contributed by atoms with van der Waals surface area (Å²) in [5.74, 6) is -2.02. The van der Waals surface area contributed by atoms with Crippen molar-refractivity contribution in [1.29, 1.82) is 0 Å². The summed E-state index contributed by atoms with van der Waals surface area (Å²) in [6.45, 7) is 0. The van der Waals surface area contributed by atoms with Gasteiger partial charge < -0.3 is 11.1 Å². The summed E-state index contributed by atoms with van der Waals surface area (Å²) in [6.07, 6.45) is 0. The summed E-state index contributed by atoms with van der Waals surface area (Å²) >= 11 is 0. The Morgan fingerprint density at radius 3 is 2.38 bits per heavy atom. The highest BCUT2D eigenvalue weighted by molar-refractivity contribution is 7.89. The normalized spacial score (nSPS) is 11.4. The smallest absolute Gasteiger partial charge is 0.242 e. The summed E-state index contributed by atoms with van der Waals surface area (Å²) in [5, 5.41) is 2.73. The average Bonchev–Trinajstić information content (AvgIpc) is 2.44. The molecule has 2 rings (SSSR count). The fourth-order valence-electron chi connectivity index (χ4n) is 1.70. The van der Waals surface area contributed by atoms with Crippen LogP contribution < -0.4 is 15.8 Å². The number of hydrogen-bond acceptors (Lipinski definition) is 4. The summed E-state index contributed by atoms with van der Waals surface area (Å²) in [4.78, 5) is -0.0882. The minimum atomic E-state index is -3.75. The molecule has 0 aliphatic carbocycles. The van der Waals surface area contributed by atoms with Crippen LogP contribution in [-0.2, 0) is 10.0 Å². The molecule has 0 spiro atoms. The third-order valence-electron chi connectivity index (χ3n) is 2.76. The first-order valence-corrected chi connectivity index (χ1v) is 7.37. The number of benzene rings is 2. The molecule has 0 radical (unpaired) electrons. The molecule has 0 unspecified atom stereocenters. The molecule has 112 valence electrons. The molecule has 0 aliphatic rings. The highest BCUT2D eigenvalue weighted by atomic mass is 32.2. The van der Waals surface area contributed by atoms with Crippen LogP contribution in [0.25, 0.3) is 0 Å². The zero-order chi connectivity index (χ0) is 15.6. The molecule has 4 N–H and O–H groups in total. The van der Waals surface area contributed by atoms with Gasteiger partial charge in [-0.3, -0.25) is 0 Å². The van der Waals surface area contributed by atoms with Gasteiger partial charge in [0.15, 0.2) is 11.6 Å². The predicted octanol–water partition coefficient (Wildman–Crippen LogP) is 2.20. The van der Waals surface area contributed by atoms with Crippen LogP contribution in [0.3, 0.4) is 0 Å². The predicted molar refractivity (Wildman–Crippen MR) is 76.7 cm³/mol. The Hall–Kier alpha value is -2.19. The second-order valence-corrected chi connectivity index (χ2v) is 6.07. The molecule has 5 nitrogen and oxygen atoms in total. The van der Waals surface area contributed by atoms with Gasteiger partial charge in [0.05, 0.1) is 5.69 Å². The summed E-state index contributed by atoms with van der Waals surface area (Å²) in [7, 11) is -2.49. The Morgan fingerprint density at radius 1 is 1.05 bits per heavy atom. The minimum absolute atomic E-state index is 0.0882. The van der Waals surface area contributed by atoms with E-state index in [4.69, 9.17) is 5.73 Å². The fraction of sp³-hybridized carbons (Fsp3) is 0.0769. The lowest BCUT2D eigenvalue weighted by atomic mass is 10.2. The molecule has 21 heavy (non-hydrogen) atoms. The summed E-state index contributed by atoms with van der Waals surface area (Å²) in [6, 6.07) is 7.39. The molecular weight excluding hydrogens is 300 g/mol. The number of rotatable bonds is 4. The number of hydrogen-bond donors (Lipinski definition) is 3. The van der Waals surface area contributed by atoms with Crippen molar-refractivity contribution < 1.29 is 17.2 Å². The van der Waals surface area contributed by atoms with Crippen molar-refractivity contribution in [2.75, 3.05) is 18.1 Å². The Kier molecular flexibility index (Phi) is 4.10. The molecular formula is C13H13F2N3O2S. The van der Waals surface area contributed by atoms with Gasteiger partial charge in [0.1, 0.15) is 4.90 Å². The van der Waals surface area contributed by atoms with Crippen molar-refractivity contribution in [3.05, 3.63) is 48.0 Å². The van der Waals surface area contributed by atoms with Crippen LogP contribution in [0.4, 0.5) is 25.8 Å². The van der Waals surface area contributed by atoms with Gasteiger partial charge in [-0.05, 0) is 37.4 Å². The third kappa shape index (κ3) is 3.29. The molecule has 0 aromatic heterocycles. The van der Waals surface area contributed by atoms with Crippen molar-refractivity contribution in [3.63, 3.8) is 0 Å². The van der Waals surface area contributed by atoms with Gasteiger partial charge in [0.2, 0.25) is 10.0 Å². The maximum absolute atomic E-state index is 13.2. The lowest BCUT2D eigenvalue weighted by Gasteiger charge is -2.13. The fourth-order valence-corrected chi connectivity index (χ4v) is 2.62. The van der Waals surface area contributed by atoms with E-state index in [0.717, 1.165) is 12.1 Å². The zero-order valence-corrected chi connectivity index (χ0v) is 11.8. The molecule has 0 saturated carbocycles. The van der Waals surface area contributed by atoms with Gasteiger partial charge in [-0.1, -0.05) is 0 Å². The van der Waals surface area contributed by atoms with Gasteiger partial charge >= 0.3 is 0 Å². The van der Waals surface area contributed by atoms with E-state index >= 15 is 0 Å². The van der Waals surface area contributed by atoms with Crippen LogP contribution in [0.5, 0.6) is 0 Å². The Morgan fingerprint density at radius 2 is 1.76 bits per heavy atom. The van der Waals surface area contributed by atoms with Gasteiger partial charge in [0.25, 0.3) is 0 Å². The molecule has 0 heterocycles. The van der Waals surface area contributed by atoms with Crippen LogP contribution in [0.1, 0.15) is 0 Å². The first-order chi connectivity index (χ1) is 9.83. The van der Waals surface area contributed by atoms with Crippen molar-refractivity contribution in [1.82, 2.24) is 4.72 Å². The maximum Gasteiger partial charge on any atom is 0.242 e. The standard InChI is InChI=1S/C13H13F2N3O2S/c1-17-21(19,20)13-6-8(16)2-5-12(13)18-9-3-4-10(14)11(15)7-9/h2-7,17-18H,16H2,1H3. The first kappa shape index (κ1) is 15.2. The zero-order valence-electron chi connectivity index (χ0n) is 11.0. The van der Waals surface area contributed by atoms with E-state index in [1.54, 1.807) is 0 Å². The monoisotopic (exact) mass is 313 g/mol. The number of halogens is 2. The molecule has 0 atom stereocenters. The first-order valence-electron chi connectivity index (χ1n) is 5.88. The number of nitrogen functional groups attached to an aromatic ring is 1. The number of nitrogens with one attached hydrogen (secondary N) is 2. The van der Waals surface area contributed by atoms with Gasteiger partial charge in [-0.2, -0.15) is 0 Å². The van der Waals surface area contributed by atoms with Gasteiger partial charge in [-0.15, -0.1) is 0 Å². The molecule has 2 aromatic carbocycles. The van der Waals surface area contributed by atoms with Gasteiger partial charge in [0, 0.05) is 17.4 Å². The van der Waals surface area contributed by atoms with E-state index in [2.05, 4.69) is 10.0 Å². The number of nitrogens with two attached hydrogens (primary N) is 1. The van der Waals surface area contributed by atoms with Crippen molar-refractivity contribution in [2.45, 2.75) is 4.90 Å². The topological polar surface area (TPSA) is 84.2 Å². The molecule has 2 aromatic rings.